The number of hydrogen-bond acceptors (Lipinski definition) is 5. The molecule has 0 saturated heterocycles. The molecule has 0 aliphatic carbocycles. The minimum atomic E-state index is -0.559. The van der Waals surface area contributed by atoms with Crippen LogP contribution in [0.4, 0.5) is 4.39 Å². The number of nitrogens with two attached hydrogens (primary N) is 1. The van der Waals surface area contributed by atoms with Crippen LogP contribution in [0.15, 0.2) is 28.3 Å². The largest absolute Gasteiger partial charge is 0.336 e. The van der Waals surface area contributed by atoms with Gasteiger partial charge >= 0.3 is 0 Å². The monoisotopic (exact) mass is 291 g/mol. The number of hydrogen-bond donors (Lipinski definition) is 1. The maximum Gasteiger partial charge on any atom is 0.214 e. The van der Waals surface area contributed by atoms with Gasteiger partial charge in [-0.25, -0.2) is 9.07 Å². The van der Waals surface area contributed by atoms with Crippen molar-refractivity contribution in [2.45, 2.75) is 36.2 Å². The Labute approximate surface area is 120 Å². The Bertz CT molecular complexity index is 681. The van der Waals surface area contributed by atoms with Gasteiger partial charge in [-0.05, 0) is 23.9 Å². The molecule has 2 rings (SSSR count). The van der Waals surface area contributed by atoms with Gasteiger partial charge in [0.25, 0.3) is 0 Å². The highest BCUT2D eigenvalue weighted by Gasteiger charge is 2.23. The van der Waals surface area contributed by atoms with Crippen molar-refractivity contribution >= 4 is 11.8 Å². The average Bonchev–Trinajstić information content (AvgIpc) is 2.71. The van der Waals surface area contributed by atoms with Crippen LogP contribution in [0.5, 0.6) is 0 Å². The highest BCUT2D eigenvalue weighted by atomic mass is 32.2. The van der Waals surface area contributed by atoms with Crippen molar-refractivity contribution in [3.63, 3.8) is 0 Å². The first kappa shape index (κ1) is 14.3. The molecule has 0 unspecified atom stereocenters. The summed E-state index contributed by atoms with van der Waals surface area (Å²) in [5, 5.41) is 17.5. The predicted molar refractivity (Wildman–Crippen MR) is 74.1 cm³/mol. The second kappa shape index (κ2) is 5.13. The number of aromatic nitrogens is 3. The van der Waals surface area contributed by atoms with Crippen molar-refractivity contribution in [3.8, 4) is 6.07 Å². The molecule has 0 radical (unpaired) electrons. The summed E-state index contributed by atoms with van der Waals surface area (Å²) < 4.78 is 14.9. The van der Waals surface area contributed by atoms with Gasteiger partial charge in [-0.15, -0.1) is 10.2 Å². The van der Waals surface area contributed by atoms with E-state index in [1.54, 1.807) is 12.1 Å². The molecule has 0 saturated carbocycles. The van der Waals surface area contributed by atoms with Crippen LogP contribution in [-0.4, -0.2) is 14.9 Å². The van der Waals surface area contributed by atoms with E-state index in [4.69, 9.17) is 11.1 Å². The molecule has 0 atom stereocenters. The average molecular weight is 291 g/mol. The summed E-state index contributed by atoms with van der Waals surface area (Å²) in [4.78, 5) is 0.465. The molecule has 0 amide bonds. The van der Waals surface area contributed by atoms with E-state index < -0.39 is 5.82 Å². The van der Waals surface area contributed by atoms with E-state index >= 15 is 0 Å². The first-order valence-electron chi connectivity index (χ1n) is 5.92. The van der Waals surface area contributed by atoms with E-state index in [1.165, 1.54) is 10.7 Å². The fraction of sp³-hybridized carbons (Fsp3) is 0.308. The molecule has 0 spiro atoms. The predicted octanol–water partition coefficient (Wildman–Crippen LogP) is 2.45. The van der Waals surface area contributed by atoms with Gasteiger partial charge in [0, 0.05) is 10.3 Å². The minimum Gasteiger partial charge on any atom is -0.336 e. The third kappa shape index (κ3) is 2.60. The standard InChI is InChI=1S/C13H14FN5S/c1-13(2,3)11-17-18-12(19(11)16)20-10-6-4-5-9(14)8(10)7-15/h4-6H,16H2,1-3H3. The maximum absolute atomic E-state index is 13.5. The van der Waals surface area contributed by atoms with Crippen molar-refractivity contribution in [2.24, 2.45) is 0 Å². The molecule has 0 aliphatic heterocycles. The lowest BCUT2D eigenvalue weighted by atomic mass is 9.96. The van der Waals surface area contributed by atoms with Gasteiger partial charge in [0.05, 0.1) is 0 Å². The van der Waals surface area contributed by atoms with Gasteiger partial charge < -0.3 is 5.84 Å². The molecule has 1 heterocycles. The molecular formula is C13H14FN5S. The van der Waals surface area contributed by atoms with Crippen molar-refractivity contribution in [2.75, 3.05) is 5.84 Å². The second-order valence-electron chi connectivity index (χ2n) is 5.25. The topological polar surface area (TPSA) is 80.5 Å². The Balaban J connectivity index is 2.40. The zero-order valence-corrected chi connectivity index (χ0v) is 12.2. The van der Waals surface area contributed by atoms with E-state index in [0.717, 1.165) is 11.8 Å². The Morgan fingerprint density at radius 3 is 2.60 bits per heavy atom. The Morgan fingerprint density at radius 1 is 1.35 bits per heavy atom. The van der Waals surface area contributed by atoms with Crippen LogP contribution in [0.3, 0.4) is 0 Å². The van der Waals surface area contributed by atoms with Crippen molar-refractivity contribution in [1.29, 1.82) is 5.26 Å². The molecule has 0 fully saturated rings. The van der Waals surface area contributed by atoms with Crippen LogP contribution in [-0.2, 0) is 5.41 Å². The molecule has 20 heavy (non-hydrogen) atoms. The molecule has 2 aromatic rings. The summed E-state index contributed by atoms with van der Waals surface area (Å²) >= 11 is 1.12. The first-order chi connectivity index (χ1) is 9.34. The molecule has 0 bridgehead atoms. The third-order valence-corrected chi connectivity index (χ3v) is 3.64. The van der Waals surface area contributed by atoms with Crippen LogP contribution in [0, 0.1) is 17.1 Å². The lowest BCUT2D eigenvalue weighted by Crippen LogP contribution is -2.24. The van der Waals surface area contributed by atoms with E-state index in [9.17, 15) is 4.39 Å². The lowest BCUT2D eigenvalue weighted by Gasteiger charge is -2.16. The summed E-state index contributed by atoms with van der Waals surface area (Å²) in [6, 6.07) is 6.29. The summed E-state index contributed by atoms with van der Waals surface area (Å²) in [6.07, 6.45) is 0. The summed E-state index contributed by atoms with van der Waals surface area (Å²) in [7, 11) is 0. The maximum atomic E-state index is 13.5. The fourth-order valence-corrected chi connectivity index (χ4v) is 2.51. The van der Waals surface area contributed by atoms with Crippen LogP contribution >= 0.6 is 11.8 Å². The van der Waals surface area contributed by atoms with Crippen molar-refractivity contribution in [3.05, 3.63) is 35.4 Å². The van der Waals surface area contributed by atoms with Crippen molar-refractivity contribution in [1.82, 2.24) is 14.9 Å². The molecule has 7 heteroatoms. The number of rotatable bonds is 2. The highest BCUT2D eigenvalue weighted by Crippen LogP contribution is 2.31. The molecule has 1 aromatic heterocycles. The summed E-state index contributed by atoms with van der Waals surface area (Å²) in [5.41, 5.74) is -0.265. The molecule has 2 N–H and O–H groups in total. The van der Waals surface area contributed by atoms with Crippen molar-refractivity contribution < 1.29 is 4.39 Å². The molecule has 1 aromatic carbocycles. The number of halogens is 1. The smallest absolute Gasteiger partial charge is 0.214 e. The van der Waals surface area contributed by atoms with Gasteiger partial charge in [0.15, 0.2) is 5.82 Å². The summed E-state index contributed by atoms with van der Waals surface area (Å²) in [5.74, 6) is 6.02. The van der Waals surface area contributed by atoms with E-state index in [-0.39, 0.29) is 11.0 Å². The second-order valence-corrected chi connectivity index (χ2v) is 6.26. The Hall–Kier alpha value is -2.07. The first-order valence-corrected chi connectivity index (χ1v) is 6.73. The van der Waals surface area contributed by atoms with Crippen LogP contribution in [0.2, 0.25) is 0 Å². The quantitative estimate of drug-likeness (QED) is 0.860. The molecule has 5 nitrogen and oxygen atoms in total. The highest BCUT2D eigenvalue weighted by molar-refractivity contribution is 7.99. The van der Waals surface area contributed by atoms with E-state index in [1.807, 2.05) is 26.8 Å². The zero-order valence-electron chi connectivity index (χ0n) is 11.4. The molecular weight excluding hydrogens is 277 g/mol. The number of nitriles is 1. The van der Waals surface area contributed by atoms with Gasteiger partial charge in [0.1, 0.15) is 17.4 Å². The normalized spacial score (nSPS) is 11.3. The number of nitrogens with zero attached hydrogens (tertiary/aromatic N) is 4. The summed E-state index contributed by atoms with van der Waals surface area (Å²) in [6.45, 7) is 5.91. The molecule has 104 valence electrons. The third-order valence-electron chi connectivity index (χ3n) is 2.62. The van der Waals surface area contributed by atoms with Gasteiger partial charge in [-0.2, -0.15) is 5.26 Å². The lowest BCUT2D eigenvalue weighted by molar-refractivity contribution is 0.523. The minimum absolute atomic E-state index is 0.0159. The van der Waals surface area contributed by atoms with Gasteiger partial charge in [-0.3, -0.25) is 0 Å². The number of benzene rings is 1. The molecule has 0 aliphatic rings. The Morgan fingerprint density at radius 2 is 2.05 bits per heavy atom. The van der Waals surface area contributed by atoms with Gasteiger partial charge in [0.2, 0.25) is 5.16 Å². The van der Waals surface area contributed by atoms with E-state index in [0.29, 0.717) is 15.9 Å². The van der Waals surface area contributed by atoms with E-state index in [2.05, 4.69) is 10.2 Å². The van der Waals surface area contributed by atoms with Gasteiger partial charge in [-0.1, -0.05) is 26.8 Å². The SMILES string of the molecule is CC(C)(C)c1nnc(Sc2cccc(F)c2C#N)n1N. The number of nitrogen functional groups attached to an aromatic ring is 1. The Kier molecular flexibility index (Phi) is 3.68. The van der Waals surface area contributed by atoms with Crippen LogP contribution in [0.25, 0.3) is 0 Å². The zero-order chi connectivity index (χ0) is 14.9. The fourth-order valence-electron chi connectivity index (χ4n) is 1.65. The van der Waals surface area contributed by atoms with Crippen LogP contribution < -0.4 is 5.84 Å². The van der Waals surface area contributed by atoms with Crippen LogP contribution in [0.1, 0.15) is 32.2 Å².